The Hall–Kier alpha value is -0.960. The number of nitrogens with zero attached hydrogens (tertiary/aromatic N) is 2. The highest BCUT2D eigenvalue weighted by molar-refractivity contribution is 4.88. The lowest BCUT2D eigenvalue weighted by Crippen LogP contribution is -2.03. The van der Waals surface area contributed by atoms with E-state index in [1.807, 2.05) is 0 Å². The van der Waals surface area contributed by atoms with Crippen LogP contribution in [0.25, 0.3) is 0 Å². The molecule has 11 heavy (non-hydrogen) atoms. The van der Waals surface area contributed by atoms with Crippen LogP contribution in [0.4, 0.5) is 0 Å². The van der Waals surface area contributed by atoms with Crippen molar-refractivity contribution in [2.45, 2.75) is 25.9 Å². The molecule has 0 aliphatic heterocycles. The fourth-order valence-electron chi connectivity index (χ4n) is 0.797. The summed E-state index contributed by atoms with van der Waals surface area (Å²) in [7, 11) is 0. The SMILES string of the molecule is C[C@H](O)CCc1ncccn1. The lowest BCUT2D eigenvalue weighted by atomic mass is 10.2. The molecule has 0 bridgehead atoms. The predicted octanol–water partition coefficient (Wildman–Crippen LogP) is 0.790. The van der Waals surface area contributed by atoms with E-state index >= 15 is 0 Å². The summed E-state index contributed by atoms with van der Waals surface area (Å²) in [4.78, 5) is 8.06. The van der Waals surface area contributed by atoms with Crippen molar-refractivity contribution in [3.05, 3.63) is 24.3 Å². The average molecular weight is 152 g/mol. The van der Waals surface area contributed by atoms with Gasteiger partial charge in [-0.3, -0.25) is 0 Å². The van der Waals surface area contributed by atoms with Crippen molar-refractivity contribution in [3.63, 3.8) is 0 Å². The first-order valence-corrected chi connectivity index (χ1v) is 3.73. The molecule has 0 saturated carbocycles. The fraction of sp³-hybridized carbons (Fsp3) is 0.500. The molecule has 1 aromatic rings. The van der Waals surface area contributed by atoms with Crippen LogP contribution in [0.2, 0.25) is 0 Å². The third kappa shape index (κ3) is 3.09. The van der Waals surface area contributed by atoms with Gasteiger partial charge >= 0.3 is 0 Å². The first-order valence-electron chi connectivity index (χ1n) is 3.73. The van der Waals surface area contributed by atoms with Crippen LogP contribution in [0.15, 0.2) is 18.5 Å². The lowest BCUT2D eigenvalue weighted by molar-refractivity contribution is 0.184. The highest BCUT2D eigenvalue weighted by Crippen LogP contribution is 1.97. The largest absolute Gasteiger partial charge is 0.393 e. The number of aliphatic hydroxyl groups is 1. The summed E-state index contributed by atoms with van der Waals surface area (Å²) in [5.41, 5.74) is 0. The molecule has 0 radical (unpaired) electrons. The molecule has 3 nitrogen and oxygen atoms in total. The van der Waals surface area contributed by atoms with E-state index in [9.17, 15) is 0 Å². The van der Waals surface area contributed by atoms with Crippen molar-refractivity contribution in [2.75, 3.05) is 0 Å². The molecule has 0 unspecified atom stereocenters. The van der Waals surface area contributed by atoms with Crippen LogP contribution in [0.1, 0.15) is 19.2 Å². The molecule has 3 heteroatoms. The van der Waals surface area contributed by atoms with Crippen molar-refractivity contribution in [1.29, 1.82) is 0 Å². The second kappa shape index (κ2) is 4.03. The van der Waals surface area contributed by atoms with Crippen LogP contribution in [0.5, 0.6) is 0 Å². The Labute approximate surface area is 66.1 Å². The minimum Gasteiger partial charge on any atom is -0.393 e. The minimum atomic E-state index is -0.265. The molecular formula is C8H12N2O. The van der Waals surface area contributed by atoms with Gasteiger partial charge in [0, 0.05) is 18.8 Å². The third-order valence-electron chi connectivity index (χ3n) is 1.40. The molecule has 0 spiro atoms. The molecular weight excluding hydrogens is 140 g/mol. The Morgan fingerprint density at radius 2 is 2.09 bits per heavy atom. The first-order chi connectivity index (χ1) is 5.29. The highest BCUT2D eigenvalue weighted by atomic mass is 16.3. The molecule has 1 rings (SSSR count). The lowest BCUT2D eigenvalue weighted by Gasteiger charge is -2.01. The van der Waals surface area contributed by atoms with Gasteiger partial charge in [0.2, 0.25) is 0 Å². The van der Waals surface area contributed by atoms with Gasteiger partial charge in [-0.1, -0.05) is 0 Å². The standard InChI is InChI=1S/C8H12N2O/c1-7(11)3-4-8-9-5-2-6-10-8/h2,5-7,11H,3-4H2,1H3/t7-/m0/s1. The predicted molar refractivity (Wildman–Crippen MR) is 42.0 cm³/mol. The van der Waals surface area contributed by atoms with E-state index in [0.29, 0.717) is 0 Å². The third-order valence-corrected chi connectivity index (χ3v) is 1.40. The summed E-state index contributed by atoms with van der Waals surface area (Å²) in [6, 6.07) is 1.78. The minimum absolute atomic E-state index is 0.265. The van der Waals surface area contributed by atoms with Crippen LogP contribution in [-0.4, -0.2) is 21.2 Å². The van der Waals surface area contributed by atoms with Gasteiger partial charge in [0.05, 0.1) is 6.10 Å². The topological polar surface area (TPSA) is 46.0 Å². The molecule has 1 atom stereocenters. The van der Waals surface area contributed by atoms with E-state index in [1.165, 1.54) is 0 Å². The van der Waals surface area contributed by atoms with Crippen LogP contribution >= 0.6 is 0 Å². The van der Waals surface area contributed by atoms with Crippen LogP contribution in [-0.2, 0) is 6.42 Å². The fourth-order valence-corrected chi connectivity index (χ4v) is 0.797. The summed E-state index contributed by atoms with van der Waals surface area (Å²) in [5.74, 6) is 0.799. The smallest absolute Gasteiger partial charge is 0.128 e. The monoisotopic (exact) mass is 152 g/mol. The molecule has 0 aliphatic rings. The highest BCUT2D eigenvalue weighted by Gasteiger charge is 1.98. The van der Waals surface area contributed by atoms with Gasteiger partial charge in [-0.25, -0.2) is 9.97 Å². The number of rotatable bonds is 3. The maximum absolute atomic E-state index is 8.96. The molecule has 0 saturated heterocycles. The number of hydrogen-bond donors (Lipinski definition) is 1. The van der Waals surface area contributed by atoms with Gasteiger partial charge in [0.1, 0.15) is 5.82 Å². The molecule has 60 valence electrons. The van der Waals surface area contributed by atoms with Crippen molar-refractivity contribution in [3.8, 4) is 0 Å². The van der Waals surface area contributed by atoms with Gasteiger partial charge < -0.3 is 5.11 Å². The molecule has 0 aromatic carbocycles. The zero-order valence-corrected chi connectivity index (χ0v) is 6.57. The van der Waals surface area contributed by atoms with Crippen molar-refractivity contribution in [1.82, 2.24) is 9.97 Å². The van der Waals surface area contributed by atoms with Crippen LogP contribution < -0.4 is 0 Å². The zero-order chi connectivity index (χ0) is 8.10. The molecule has 0 amide bonds. The van der Waals surface area contributed by atoms with Crippen molar-refractivity contribution < 1.29 is 5.11 Å². The average Bonchev–Trinajstić information content (AvgIpc) is 2.03. The number of aromatic nitrogens is 2. The summed E-state index contributed by atoms with van der Waals surface area (Å²) in [6.07, 6.45) is 4.64. The maximum atomic E-state index is 8.96. The Balaban J connectivity index is 2.39. The van der Waals surface area contributed by atoms with Crippen molar-refractivity contribution in [2.24, 2.45) is 0 Å². The second-order valence-corrected chi connectivity index (χ2v) is 2.55. The van der Waals surface area contributed by atoms with E-state index in [4.69, 9.17) is 5.11 Å². The van der Waals surface area contributed by atoms with Crippen molar-refractivity contribution >= 4 is 0 Å². The van der Waals surface area contributed by atoms with Crippen LogP contribution in [0, 0.1) is 0 Å². The molecule has 1 heterocycles. The zero-order valence-electron chi connectivity index (χ0n) is 6.57. The number of aryl methyl sites for hydroxylation is 1. The molecule has 1 N–H and O–H groups in total. The summed E-state index contributed by atoms with van der Waals surface area (Å²) in [5, 5.41) is 8.96. The Morgan fingerprint density at radius 1 is 1.45 bits per heavy atom. The summed E-state index contributed by atoms with van der Waals surface area (Å²) >= 11 is 0. The Kier molecular flexibility index (Phi) is 2.98. The van der Waals surface area contributed by atoms with E-state index in [1.54, 1.807) is 25.4 Å². The second-order valence-electron chi connectivity index (χ2n) is 2.55. The van der Waals surface area contributed by atoms with Gasteiger partial charge in [0.15, 0.2) is 0 Å². The van der Waals surface area contributed by atoms with E-state index < -0.39 is 0 Å². The van der Waals surface area contributed by atoms with Gasteiger partial charge in [-0.15, -0.1) is 0 Å². The summed E-state index contributed by atoms with van der Waals surface area (Å²) in [6.45, 7) is 1.77. The van der Waals surface area contributed by atoms with E-state index in [-0.39, 0.29) is 6.10 Å². The number of hydrogen-bond acceptors (Lipinski definition) is 3. The van der Waals surface area contributed by atoms with Gasteiger partial charge in [-0.05, 0) is 19.4 Å². The van der Waals surface area contributed by atoms with E-state index in [0.717, 1.165) is 18.7 Å². The van der Waals surface area contributed by atoms with Gasteiger partial charge in [0.25, 0.3) is 0 Å². The normalized spacial score (nSPS) is 12.9. The molecule has 1 aromatic heterocycles. The Morgan fingerprint density at radius 3 is 2.64 bits per heavy atom. The summed E-state index contributed by atoms with van der Waals surface area (Å²) < 4.78 is 0. The first kappa shape index (κ1) is 8.14. The van der Waals surface area contributed by atoms with Crippen LogP contribution in [0.3, 0.4) is 0 Å². The van der Waals surface area contributed by atoms with E-state index in [2.05, 4.69) is 9.97 Å². The van der Waals surface area contributed by atoms with Gasteiger partial charge in [-0.2, -0.15) is 0 Å². The molecule has 0 aliphatic carbocycles. The number of aliphatic hydroxyl groups excluding tert-OH is 1. The molecule has 0 fully saturated rings. The Bertz CT molecular complexity index is 199. The maximum Gasteiger partial charge on any atom is 0.128 e. The quantitative estimate of drug-likeness (QED) is 0.696.